The van der Waals surface area contributed by atoms with Gasteiger partial charge in [-0.05, 0) is 43.5 Å². The minimum atomic E-state index is -4.69. The second-order valence-corrected chi connectivity index (χ2v) is 11.3. The van der Waals surface area contributed by atoms with Crippen molar-refractivity contribution in [2.24, 2.45) is 0 Å². The fraction of sp³-hybridized carbons (Fsp3) is 0.462. The Hall–Kier alpha value is -3.08. The summed E-state index contributed by atoms with van der Waals surface area (Å²) in [5.74, 6) is -1.07. The van der Waals surface area contributed by atoms with Crippen molar-refractivity contribution in [1.82, 2.24) is 10.2 Å². The summed E-state index contributed by atoms with van der Waals surface area (Å²) >= 11 is 0. The van der Waals surface area contributed by atoms with E-state index in [0.29, 0.717) is 10.4 Å². The molecule has 0 aliphatic heterocycles. The van der Waals surface area contributed by atoms with Crippen molar-refractivity contribution < 1.29 is 31.2 Å². The van der Waals surface area contributed by atoms with Gasteiger partial charge < -0.3 is 10.2 Å². The standard InChI is InChI=1S/C26H32F3N3O4S/c1-19(25(34)30-22-13-7-4-8-14-22)31(17-20-10-5-3-6-11-20)24(33)18-32(37(2,35)36)23-15-9-12-21(16-23)26(27,28)29/h3,5-6,9-12,15-16,19,22H,4,7-8,13-14,17-18H2,1-2H3,(H,30,34)/t19-/m1/s1. The zero-order valence-corrected chi connectivity index (χ0v) is 21.7. The van der Waals surface area contributed by atoms with E-state index in [1.165, 1.54) is 11.0 Å². The van der Waals surface area contributed by atoms with Gasteiger partial charge >= 0.3 is 6.18 Å². The molecule has 2 aromatic rings. The monoisotopic (exact) mass is 539 g/mol. The van der Waals surface area contributed by atoms with Gasteiger partial charge in [-0.25, -0.2) is 8.42 Å². The lowest BCUT2D eigenvalue weighted by molar-refractivity contribution is -0.139. The van der Waals surface area contributed by atoms with E-state index in [9.17, 15) is 31.2 Å². The molecule has 11 heteroatoms. The number of nitrogens with zero attached hydrogens (tertiary/aromatic N) is 2. The van der Waals surface area contributed by atoms with Crippen LogP contribution in [0.4, 0.5) is 18.9 Å². The molecule has 2 aromatic carbocycles. The SMILES string of the molecule is C[C@H](C(=O)NC1CCCCC1)N(Cc1ccccc1)C(=O)CN(c1cccc(C(F)(F)F)c1)S(C)(=O)=O. The number of anilines is 1. The molecule has 1 N–H and O–H groups in total. The number of rotatable bonds is 9. The highest BCUT2D eigenvalue weighted by Gasteiger charge is 2.34. The van der Waals surface area contributed by atoms with E-state index in [4.69, 9.17) is 0 Å². The molecule has 202 valence electrons. The Kier molecular flexibility index (Phi) is 9.22. The molecule has 1 fully saturated rings. The Morgan fingerprint density at radius 3 is 2.27 bits per heavy atom. The molecular weight excluding hydrogens is 507 g/mol. The van der Waals surface area contributed by atoms with Crippen LogP contribution in [-0.4, -0.2) is 50.0 Å². The third-order valence-electron chi connectivity index (χ3n) is 6.46. The average molecular weight is 540 g/mol. The molecule has 0 heterocycles. The van der Waals surface area contributed by atoms with Crippen molar-refractivity contribution >= 4 is 27.5 Å². The minimum absolute atomic E-state index is 0.00926. The highest BCUT2D eigenvalue weighted by molar-refractivity contribution is 7.92. The van der Waals surface area contributed by atoms with Crippen LogP contribution in [0.5, 0.6) is 0 Å². The van der Waals surface area contributed by atoms with Crippen molar-refractivity contribution in [1.29, 1.82) is 0 Å². The van der Waals surface area contributed by atoms with Crippen LogP contribution in [0, 0.1) is 0 Å². The fourth-order valence-electron chi connectivity index (χ4n) is 4.38. The number of carbonyl (C=O) groups is 2. The molecule has 0 unspecified atom stereocenters. The van der Waals surface area contributed by atoms with E-state index in [1.807, 2.05) is 0 Å². The molecule has 0 bridgehead atoms. The first-order valence-corrected chi connectivity index (χ1v) is 14.0. The molecular formula is C26H32F3N3O4S. The number of benzene rings is 2. The first kappa shape index (κ1) is 28.5. The molecule has 1 aliphatic rings. The summed E-state index contributed by atoms with van der Waals surface area (Å²) in [5, 5.41) is 2.99. The number of nitrogens with one attached hydrogen (secondary N) is 1. The number of hydrogen-bond donors (Lipinski definition) is 1. The van der Waals surface area contributed by atoms with E-state index in [2.05, 4.69) is 5.32 Å². The highest BCUT2D eigenvalue weighted by Crippen LogP contribution is 2.32. The molecule has 3 rings (SSSR count). The normalized spacial score (nSPS) is 15.6. The van der Waals surface area contributed by atoms with E-state index < -0.39 is 40.3 Å². The number of alkyl halides is 3. The van der Waals surface area contributed by atoms with Gasteiger partial charge in [-0.2, -0.15) is 13.2 Å². The van der Waals surface area contributed by atoms with Crippen LogP contribution < -0.4 is 9.62 Å². The zero-order valence-electron chi connectivity index (χ0n) is 20.9. The maximum absolute atomic E-state index is 13.5. The number of sulfonamides is 1. The van der Waals surface area contributed by atoms with Crippen LogP contribution in [0.1, 0.15) is 50.2 Å². The van der Waals surface area contributed by atoms with Gasteiger partial charge in [0.25, 0.3) is 0 Å². The lowest BCUT2D eigenvalue weighted by atomic mass is 9.95. The predicted octanol–water partition coefficient (Wildman–Crippen LogP) is 4.34. The summed E-state index contributed by atoms with van der Waals surface area (Å²) in [4.78, 5) is 27.9. The Bertz CT molecular complexity index is 1180. The molecule has 7 nitrogen and oxygen atoms in total. The third-order valence-corrected chi connectivity index (χ3v) is 7.60. The Balaban J connectivity index is 1.88. The number of amides is 2. The zero-order chi connectivity index (χ0) is 27.2. The molecule has 1 aliphatic carbocycles. The van der Waals surface area contributed by atoms with Crippen LogP contribution >= 0.6 is 0 Å². The molecule has 0 radical (unpaired) electrons. The van der Waals surface area contributed by atoms with E-state index in [-0.39, 0.29) is 24.2 Å². The van der Waals surface area contributed by atoms with Crippen LogP contribution in [0.15, 0.2) is 54.6 Å². The molecule has 1 saturated carbocycles. The molecule has 0 spiro atoms. The van der Waals surface area contributed by atoms with Crippen molar-refractivity contribution in [3.8, 4) is 0 Å². The largest absolute Gasteiger partial charge is 0.416 e. The summed E-state index contributed by atoms with van der Waals surface area (Å²) in [6.45, 7) is 0.835. The number of halogens is 3. The average Bonchev–Trinajstić information content (AvgIpc) is 2.85. The fourth-order valence-corrected chi connectivity index (χ4v) is 5.22. The minimum Gasteiger partial charge on any atom is -0.352 e. The van der Waals surface area contributed by atoms with Crippen molar-refractivity contribution in [2.75, 3.05) is 17.1 Å². The predicted molar refractivity (Wildman–Crippen MR) is 135 cm³/mol. The highest BCUT2D eigenvalue weighted by atomic mass is 32.2. The topological polar surface area (TPSA) is 86.8 Å². The van der Waals surface area contributed by atoms with Gasteiger partial charge in [0, 0.05) is 12.6 Å². The molecule has 0 aromatic heterocycles. The van der Waals surface area contributed by atoms with E-state index in [0.717, 1.165) is 56.1 Å². The quantitative estimate of drug-likeness (QED) is 0.514. The Labute approximate surface area is 215 Å². The first-order valence-electron chi connectivity index (χ1n) is 12.1. The van der Waals surface area contributed by atoms with Gasteiger partial charge in [0.2, 0.25) is 21.8 Å². The van der Waals surface area contributed by atoms with Gasteiger partial charge in [-0.3, -0.25) is 13.9 Å². The van der Waals surface area contributed by atoms with E-state index in [1.54, 1.807) is 37.3 Å². The molecule has 2 amide bonds. The summed E-state index contributed by atoms with van der Waals surface area (Å²) < 4.78 is 65.6. The second-order valence-electron chi connectivity index (χ2n) is 9.34. The van der Waals surface area contributed by atoms with Crippen LogP contribution in [0.2, 0.25) is 0 Å². The van der Waals surface area contributed by atoms with Crippen LogP contribution in [0.3, 0.4) is 0 Å². The molecule has 1 atom stereocenters. The van der Waals surface area contributed by atoms with Gasteiger partial charge in [0.05, 0.1) is 17.5 Å². The Morgan fingerprint density at radius 2 is 1.68 bits per heavy atom. The lowest BCUT2D eigenvalue weighted by Crippen LogP contribution is -2.53. The summed E-state index contributed by atoms with van der Waals surface area (Å²) in [6, 6.07) is 11.8. The Morgan fingerprint density at radius 1 is 1.03 bits per heavy atom. The van der Waals surface area contributed by atoms with Gasteiger partial charge in [0.15, 0.2) is 0 Å². The molecule has 0 saturated heterocycles. The number of carbonyl (C=O) groups excluding carboxylic acids is 2. The summed E-state index contributed by atoms with van der Waals surface area (Å²) in [7, 11) is -4.13. The lowest BCUT2D eigenvalue weighted by Gasteiger charge is -2.33. The van der Waals surface area contributed by atoms with Crippen LogP contribution in [-0.2, 0) is 32.3 Å². The smallest absolute Gasteiger partial charge is 0.352 e. The van der Waals surface area contributed by atoms with Gasteiger partial charge in [0.1, 0.15) is 12.6 Å². The maximum Gasteiger partial charge on any atom is 0.416 e. The van der Waals surface area contributed by atoms with Crippen LogP contribution in [0.25, 0.3) is 0 Å². The van der Waals surface area contributed by atoms with Gasteiger partial charge in [-0.15, -0.1) is 0 Å². The first-order chi connectivity index (χ1) is 17.4. The number of hydrogen-bond acceptors (Lipinski definition) is 4. The van der Waals surface area contributed by atoms with E-state index >= 15 is 0 Å². The summed E-state index contributed by atoms with van der Waals surface area (Å²) in [5.41, 5.74) is -0.602. The summed E-state index contributed by atoms with van der Waals surface area (Å²) in [6.07, 6.45) is 0.955. The van der Waals surface area contributed by atoms with Crippen molar-refractivity contribution in [3.63, 3.8) is 0 Å². The van der Waals surface area contributed by atoms with Crippen molar-refractivity contribution in [2.45, 2.75) is 63.8 Å². The van der Waals surface area contributed by atoms with Crippen molar-refractivity contribution in [3.05, 3.63) is 65.7 Å². The maximum atomic E-state index is 13.5. The third kappa shape index (κ3) is 7.95. The molecule has 37 heavy (non-hydrogen) atoms. The second kappa shape index (κ2) is 12.0. The van der Waals surface area contributed by atoms with Gasteiger partial charge in [-0.1, -0.05) is 55.7 Å².